The zero-order chi connectivity index (χ0) is 33.0. The van der Waals surface area contributed by atoms with E-state index in [2.05, 4.69) is 146 Å². The minimum atomic E-state index is 0.660. The Labute approximate surface area is 292 Å². The van der Waals surface area contributed by atoms with Crippen molar-refractivity contribution in [2.45, 2.75) is 0 Å². The molecule has 4 heteroatoms. The summed E-state index contributed by atoms with van der Waals surface area (Å²) in [5.41, 5.74) is 10.9. The maximum absolute atomic E-state index is 6.73. The zero-order valence-corrected chi connectivity index (χ0v) is 27.7. The highest BCUT2D eigenvalue weighted by Crippen LogP contribution is 2.44. The second kappa shape index (κ2) is 11.7. The molecule has 0 fully saturated rings. The van der Waals surface area contributed by atoms with Gasteiger partial charge in [0.15, 0.2) is 5.82 Å². The molecule has 0 aliphatic carbocycles. The average molecular weight is 657 g/mol. The fourth-order valence-electron chi connectivity index (χ4n) is 7.17. The van der Waals surface area contributed by atoms with Crippen LogP contribution in [0.5, 0.6) is 0 Å². The predicted molar refractivity (Wildman–Crippen MR) is 209 cm³/mol. The van der Waals surface area contributed by atoms with Crippen molar-refractivity contribution in [2.75, 3.05) is 0 Å². The quantitative estimate of drug-likeness (QED) is 0.185. The van der Waals surface area contributed by atoms with Crippen molar-refractivity contribution in [3.05, 3.63) is 170 Å². The second-order valence-electron chi connectivity index (χ2n) is 12.5. The molecule has 0 atom stereocenters. The molecule has 0 bridgehead atoms. The van der Waals surface area contributed by atoms with Crippen LogP contribution in [0.15, 0.2) is 174 Å². The van der Waals surface area contributed by atoms with Gasteiger partial charge in [0.2, 0.25) is 0 Å². The number of para-hydroxylation sites is 1. The Morgan fingerprint density at radius 1 is 0.400 bits per heavy atom. The van der Waals surface area contributed by atoms with Crippen molar-refractivity contribution in [1.82, 2.24) is 9.97 Å². The third-order valence-electron chi connectivity index (χ3n) is 9.54. The van der Waals surface area contributed by atoms with Crippen LogP contribution in [0.2, 0.25) is 0 Å². The van der Waals surface area contributed by atoms with E-state index in [-0.39, 0.29) is 0 Å². The van der Waals surface area contributed by atoms with Crippen LogP contribution >= 0.6 is 11.3 Å². The van der Waals surface area contributed by atoms with E-state index < -0.39 is 0 Å². The van der Waals surface area contributed by atoms with E-state index in [1.54, 1.807) is 0 Å². The van der Waals surface area contributed by atoms with Crippen molar-refractivity contribution in [1.29, 1.82) is 0 Å². The molecule has 0 spiro atoms. The number of hydrogen-bond acceptors (Lipinski definition) is 4. The number of rotatable bonds is 5. The first-order valence-electron chi connectivity index (χ1n) is 16.7. The van der Waals surface area contributed by atoms with Crippen molar-refractivity contribution >= 4 is 53.4 Å². The van der Waals surface area contributed by atoms with Gasteiger partial charge in [0.1, 0.15) is 11.2 Å². The topological polar surface area (TPSA) is 38.9 Å². The van der Waals surface area contributed by atoms with Gasteiger partial charge in [-0.15, -0.1) is 11.3 Å². The molecular formula is C46H28N2OS. The molecule has 234 valence electrons. The molecule has 0 saturated carbocycles. The normalized spacial score (nSPS) is 11.6. The lowest BCUT2D eigenvalue weighted by Gasteiger charge is -2.14. The highest BCUT2D eigenvalue weighted by atomic mass is 32.1. The van der Waals surface area contributed by atoms with Crippen LogP contribution in [0, 0.1) is 0 Å². The molecule has 0 saturated heterocycles. The van der Waals surface area contributed by atoms with Gasteiger partial charge < -0.3 is 4.42 Å². The van der Waals surface area contributed by atoms with E-state index in [0.717, 1.165) is 72.3 Å². The summed E-state index contributed by atoms with van der Waals surface area (Å²) in [5.74, 6) is 0.660. The number of furan rings is 1. The molecule has 3 aromatic heterocycles. The molecule has 10 aromatic rings. The Morgan fingerprint density at radius 2 is 1.04 bits per heavy atom. The molecule has 3 heterocycles. The largest absolute Gasteiger partial charge is 0.455 e. The first-order valence-corrected chi connectivity index (χ1v) is 17.6. The highest BCUT2D eigenvalue weighted by Gasteiger charge is 2.21. The van der Waals surface area contributed by atoms with Crippen molar-refractivity contribution in [3.8, 4) is 56.2 Å². The fourth-order valence-corrected chi connectivity index (χ4v) is 8.32. The van der Waals surface area contributed by atoms with E-state index >= 15 is 0 Å². The van der Waals surface area contributed by atoms with Gasteiger partial charge in [0.05, 0.1) is 11.4 Å². The third-order valence-corrected chi connectivity index (χ3v) is 10.7. The van der Waals surface area contributed by atoms with Crippen LogP contribution in [0.3, 0.4) is 0 Å². The molecule has 0 aliphatic rings. The van der Waals surface area contributed by atoms with Gasteiger partial charge in [-0.05, 0) is 53.1 Å². The van der Waals surface area contributed by atoms with Crippen LogP contribution in [-0.2, 0) is 0 Å². The molecule has 0 aliphatic heterocycles. The number of fused-ring (bicyclic) bond motifs is 6. The van der Waals surface area contributed by atoms with Crippen molar-refractivity contribution in [3.63, 3.8) is 0 Å². The van der Waals surface area contributed by atoms with Crippen LogP contribution in [-0.4, -0.2) is 9.97 Å². The summed E-state index contributed by atoms with van der Waals surface area (Å²) in [6.07, 6.45) is 0. The molecule has 50 heavy (non-hydrogen) atoms. The zero-order valence-electron chi connectivity index (χ0n) is 26.9. The lowest BCUT2D eigenvalue weighted by Crippen LogP contribution is -1.97. The Balaban J connectivity index is 1.22. The van der Waals surface area contributed by atoms with Gasteiger partial charge in [0, 0.05) is 53.2 Å². The minimum absolute atomic E-state index is 0.660. The van der Waals surface area contributed by atoms with Gasteiger partial charge in [0.25, 0.3) is 0 Å². The molecule has 3 nitrogen and oxygen atoms in total. The molecule has 10 rings (SSSR count). The number of hydrogen-bond donors (Lipinski definition) is 0. The smallest absolute Gasteiger partial charge is 0.161 e. The Kier molecular flexibility index (Phi) is 6.68. The monoisotopic (exact) mass is 656 g/mol. The van der Waals surface area contributed by atoms with E-state index in [9.17, 15) is 0 Å². The predicted octanol–water partition coefficient (Wildman–Crippen LogP) is 13.1. The maximum Gasteiger partial charge on any atom is 0.161 e. The first-order chi connectivity index (χ1) is 24.8. The summed E-state index contributed by atoms with van der Waals surface area (Å²) in [5, 5.41) is 4.63. The molecule has 0 radical (unpaired) electrons. The van der Waals surface area contributed by atoms with Gasteiger partial charge in [-0.3, -0.25) is 0 Å². The van der Waals surface area contributed by atoms with E-state index in [1.807, 2.05) is 35.6 Å². The van der Waals surface area contributed by atoms with Gasteiger partial charge in [-0.2, -0.15) is 0 Å². The maximum atomic E-state index is 6.73. The van der Waals surface area contributed by atoms with Crippen LogP contribution in [0.4, 0.5) is 0 Å². The van der Waals surface area contributed by atoms with Gasteiger partial charge in [-0.25, -0.2) is 9.97 Å². The molecule has 0 N–H and O–H groups in total. The summed E-state index contributed by atoms with van der Waals surface area (Å²) in [6, 6.07) is 59.4. The van der Waals surface area contributed by atoms with Crippen molar-refractivity contribution < 1.29 is 4.42 Å². The third kappa shape index (κ3) is 4.73. The lowest BCUT2D eigenvalue weighted by atomic mass is 9.95. The van der Waals surface area contributed by atoms with Crippen LogP contribution in [0.1, 0.15) is 0 Å². The summed E-state index contributed by atoms with van der Waals surface area (Å²) in [6.45, 7) is 0. The van der Waals surface area contributed by atoms with Crippen LogP contribution < -0.4 is 0 Å². The number of thiophene rings is 1. The fraction of sp³-hybridized carbons (Fsp3) is 0. The Morgan fingerprint density at radius 3 is 1.88 bits per heavy atom. The number of aromatic nitrogens is 2. The molecule has 7 aromatic carbocycles. The molecule has 0 unspecified atom stereocenters. The van der Waals surface area contributed by atoms with E-state index in [1.165, 1.54) is 20.2 Å². The summed E-state index contributed by atoms with van der Waals surface area (Å²) in [7, 11) is 0. The van der Waals surface area contributed by atoms with E-state index in [0.29, 0.717) is 5.82 Å². The molecule has 0 amide bonds. The van der Waals surface area contributed by atoms with E-state index in [4.69, 9.17) is 14.4 Å². The molecular weight excluding hydrogens is 629 g/mol. The Hall–Kier alpha value is -6.36. The summed E-state index contributed by atoms with van der Waals surface area (Å²) < 4.78 is 9.28. The minimum Gasteiger partial charge on any atom is -0.455 e. The average Bonchev–Trinajstić information content (AvgIpc) is 3.77. The van der Waals surface area contributed by atoms with Gasteiger partial charge in [-0.1, -0.05) is 133 Å². The van der Waals surface area contributed by atoms with Gasteiger partial charge >= 0.3 is 0 Å². The summed E-state index contributed by atoms with van der Waals surface area (Å²) >= 11 is 1.83. The number of benzene rings is 7. The SMILES string of the molecule is c1ccc(-c2cc(-c3ccccc3-c3ccccc3)nc(-c3ccc(-c4ccc5c(c4)sc4ccccc45)c4oc5ccccc5c34)n2)cc1. The highest BCUT2D eigenvalue weighted by molar-refractivity contribution is 7.25. The summed E-state index contributed by atoms with van der Waals surface area (Å²) in [4.78, 5) is 10.6. The Bertz CT molecular complexity index is 2870. The first kappa shape index (κ1) is 28.6. The second-order valence-corrected chi connectivity index (χ2v) is 13.6. The number of nitrogens with zero attached hydrogens (tertiary/aromatic N) is 2. The standard InChI is InChI=1S/C46H28N2OS/c1-3-13-29(14-4-1)32-17-7-8-18-34(32)40-28-39(30-15-5-2-6-16-30)47-46(48-40)38-26-25-33(45-44(38)37-20-9-11-21-41(37)49-45)31-23-24-36-35-19-10-12-22-42(35)50-43(36)27-31/h1-28H. The van der Waals surface area contributed by atoms with Crippen LogP contribution in [0.25, 0.3) is 98.3 Å². The lowest BCUT2D eigenvalue weighted by molar-refractivity contribution is 0.670. The van der Waals surface area contributed by atoms with Crippen molar-refractivity contribution in [2.24, 2.45) is 0 Å².